The van der Waals surface area contributed by atoms with Crippen molar-refractivity contribution in [1.82, 2.24) is 19.4 Å². The Kier molecular flexibility index (Phi) is 7.41. The second-order valence-corrected chi connectivity index (χ2v) is 13.1. The fourth-order valence-electron chi connectivity index (χ4n) is 5.49. The molecule has 2 aromatic carbocycles. The highest BCUT2D eigenvalue weighted by molar-refractivity contribution is 7.15. The predicted molar refractivity (Wildman–Crippen MR) is 167 cm³/mol. The van der Waals surface area contributed by atoms with Crippen molar-refractivity contribution in [2.75, 3.05) is 18.5 Å². The zero-order valence-corrected chi connectivity index (χ0v) is 25.4. The van der Waals surface area contributed by atoms with Crippen LogP contribution in [-0.4, -0.2) is 50.8 Å². The first kappa shape index (κ1) is 28.4. The monoisotopic (exact) mass is 592 g/mol. The van der Waals surface area contributed by atoms with E-state index in [0.29, 0.717) is 42.0 Å². The lowest BCUT2D eigenvalue weighted by Crippen LogP contribution is -2.45. The van der Waals surface area contributed by atoms with E-state index in [-0.39, 0.29) is 29.2 Å². The first-order valence-corrected chi connectivity index (χ1v) is 15.1. The zero-order chi connectivity index (χ0) is 30.3. The van der Waals surface area contributed by atoms with Gasteiger partial charge in [0, 0.05) is 29.3 Å². The molecule has 2 fully saturated rings. The van der Waals surface area contributed by atoms with E-state index in [0.717, 1.165) is 39.5 Å². The van der Waals surface area contributed by atoms with Crippen molar-refractivity contribution in [2.45, 2.75) is 59.2 Å². The summed E-state index contributed by atoms with van der Waals surface area (Å²) in [5.41, 5.74) is 3.48. The van der Waals surface area contributed by atoms with Crippen LogP contribution in [0.5, 0.6) is 0 Å². The quantitative estimate of drug-likeness (QED) is 0.303. The molecule has 0 saturated carbocycles. The standard InChI is InChI=1S/C33H32N6O3S/c1-20-36-29-14-26(30-35-17-25(43-30)9-11-33(2,3)4)28(37-23-10-12-38-24(13-23)19-42-32(38)41)15-27(29)31(40)39(20)18-22-7-5-21(16-34)6-8-22/h5-8,14-15,17,23-24,37H,10,12-13,18-19H2,1-4H3/t23-,24-/m0/s1. The van der Waals surface area contributed by atoms with Crippen LogP contribution in [0, 0.1) is 35.5 Å². The van der Waals surface area contributed by atoms with Crippen LogP contribution in [-0.2, 0) is 11.3 Å². The maximum atomic E-state index is 13.9. The molecule has 218 valence electrons. The number of fused-ring (bicyclic) bond motifs is 2. The summed E-state index contributed by atoms with van der Waals surface area (Å²) < 4.78 is 6.93. The Labute approximate surface area is 254 Å². The fourth-order valence-corrected chi connectivity index (χ4v) is 6.29. The number of nitrogens with one attached hydrogen (secondary N) is 1. The van der Waals surface area contributed by atoms with Crippen LogP contribution < -0.4 is 10.9 Å². The number of nitriles is 1. The average Bonchev–Trinajstić information content (AvgIpc) is 3.61. The van der Waals surface area contributed by atoms with Gasteiger partial charge in [0.15, 0.2) is 0 Å². The molecule has 10 heteroatoms. The smallest absolute Gasteiger partial charge is 0.410 e. The number of anilines is 1. The third-order valence-corrected chi connectivity index (χ3v) is 8.66. The Morgan fingerprint density at radius 2 is 1.98 bits per heavy atom. The molecule has 0 aliphatic carbocycles. The van der Waals surface area contributed by atoms with E-state index in [1.807, 2.05) is 31.2 Å². The third kappa shape index (κ3) is 5.97. The Bertz CT molecular complexity index is 1880. The molecular formula is C33H32N6O3S. The van der Waals surface area contributed by atoms with Gasteiger partial charge in [0.1, 0.15) is 17.4 Å². The van der Waals surface area contributed by atoms with Gasteiger partial charge in [-0.15, -0.1) is 11.3 Å². The Balaban J connectivity index is 1.41. The Morgan fingerprint density at radius 1 is 1.19 bits per heavy atom. The molecule has 0 unspecified atom stereocenters. The van der Waals surface area contributed by atoms with E-state index >= 15 is 0 Å². The summed E-state index contributed by atoms with van der Waals surface area (Å²) in [6.45, 7) is 9.41. The van der Waals surface area contributed by atoms with Crippen molar-refractivity contribution in [3.63, 3.8) is 0 Å². The van der Waals surface area contributed by atoms with Crippen LogP contribution in [0.15, 0.2) is 47.4 Å². The zero-order valence-electron chi connectivity index (χ0n) is 24.6. The summed E-state index contributed by atoms with van der Waals surface area (Å²) >= 11 is 1.51. The number of thiazole rings is 1. The minimum atomic E-state index is -0.245. The molecule has 1 N–H and O–H groups in total. The largest absolute Gasteiger partial charge is 0.447 e. The van der Waals surface area contributed by atoms with Gasteiger partial charge in [-0.2, -0.15) is 5.26 Å². The number of amides is 1. The molecule has 2 aromatic heterocycles. The summed E-state index contributed by atoms with van der Waals surface area (Å²) in [6, 6.07) is 13.3. The van der Waals surface area contributed by atoms with Gasteiger partial charge in [-0.25, -0.2) is 14.8 Å². The number of aromatic nitrogens is 3. The number of rotatable bonds is 5. The van der Waals surface area contributed by atoms with E-state index < -0.39 is 0 Å². The molecule has 4 heterocycles. The van der Waals surface area contributed by atoms with Gasteiger partial charge >= 0.3 is 6.09 Å². The number of hydrogen-bond donors (Lipinski definition) is 1. The van der Waals surface area contributed by atoms with E-state index in [4.69, 9.17) is 20.0 Å². The number of aryl methyl sites for hydroxylation is 1. The summed E-state index contributed by atoms with van der Waals surface area (Å²) in [7, 11) is 0. The van der Waals surface area contributed by atoms with Gasteiger partial charge in [0.25, 0.3) is 5.56 Å². The molecule has 2 aliphatic rings. The maximum absolute atomic E-state index is 13.9. The molecular weight excluding hydrogens is 560 g/mol. The summed E-state index contributed by atoms with van der Waals surface area (Å²) in [5.74, 6) is 7.12. The van der Waals surface area contributed by atoms with E-state index in [2.05, 4.69) is 44.0 Å². The highest BCUT2D eigenvalue weighted by Gasteiger charge is 2.38. The van der Waals surface area contributed by atoms with Crippen LogP contribution in [0.3, 0.4) is 0 Å². The molecule has 2 aliphatic heterocycles. The van der Waals surface area contributed by atoms with E-state index in [1.54, 1.807) is 27.8 Å². The lowest BCUT2D eigenvalue weighted by atomic mass is 9.97. The van der Waals surface area contributed by atoms with Gasteiger partial charge in [0.2, 0.25) is 0 Å². The topological polar surface area (TPSA) is 113 Å². The van der Waals surface area contributed by atoms with Crippen LogP contribution in [0.25, 0.3) is 21.5 Å². The second kappa shape index (κ2) is 11.2. The molecule has 4 aromatic rings. The summed E-state index contributed by atoms with van der Waals surface area (Å²) in [4.78, 5) is 38.2. The van der Waals surface area contributed by atoms with Crippen LogP contribution in [0.2, 0.25) is 0 Å². The number of hydrogen-bond acceptors (Lipinski definition) is 8. The van der Waals surface area contributed by atoms with Gasteiger partial charge in [-0.3, -0.25) is 9.36 Å². The molecule has 6 rings (SSSR count). The number of piperidine rings is 1. The van der Waals surface area contributed by atoms with Crippen molar-refractivity contribution in [1.29, 1.82) is 5.26 Å². The number of benzene rings is 2. The minimum Gasteiger partial charge on any atom is -0.447 e. The van der Waals surface area contributed by atoms with Crippen molar-refractivity contribution in [2.24, 2.45) is 5.41 Å². The fraction of sp³-hybridized carbons (Fsp3) is 0.364. The number of ether oxygens (including phenoxy) is 1. The van der Waals surface area contributed by atoms with Crippen LogP contribution in [0.1, 0.15) is 55.4 Å². The highest BCUT2D eigenvalue weighted by atomic mass is 32.1. The first-order chi connectivity index (χ1) is 20.6. The lowest BCUT2D eigenvalue weighted by molar-refractivity contribution is 0.153. The average molecular weight is 593 g/mol. The van der Waals surface area contributed by atoms with Gasteiger partial charge in [0.05, 0.1) is 46.2 Å². The van der Waals surface area contributed by atoms with Crippen molar-refractivity contribution < 1.29 is 9.53 Å². The SMILES string of the molecule is Cc1nc2cc(-c3ncc(C#CC(C)(C)C)s3)c(N[C@H]3CCN4C(=O)OC[C@@H]4C3)cc2c(=O)n1Cc1ccc(C#N)cc1. The predicted octanol–water partition coefficient (Wildman–Crippen LogP) is 5.54. The van der Waals surface area contributed by atoms with Crippen molar-refractivity contribution in [3.8, 4) is 28.5 Å². The molecule has 1 amide bonds. The highest BCUT2D eigenvalue weighted by Crippen LogP contribution is 2.36. The normalized spacial score (nSPS) is 18.0. The summed E-state index contributed by atoms with van der Waals surface area (Å²) in [6.07, 6.45) is 3.06. The number of carbonyl (C=O) groups excluding carboxylic acids is 1. The molecule has 9 nitrogen and oxygen atoms in total. The molecule has 43 heavy (non-hydrogen) atoms. The minimum absolute atomic E-state index is 0.0377. The van der Waals surface area contributed by atoms with Gasteiger partial charge in [-0.1, -0.05) is 24.0 Å². The molecule has 0 bridgehead atoms. The van der Waals surface area contributed by atoms with E-state index in [1.165, 1.54) is 11.3 Å². The van der Waals surface area contributed by atoms with Gasteiger partial charge in [-0.05, 0) is 70.4 Å². The maximum Gasteiger partial charge on any atom is 0.410 e. The number of cyclic esters (lactones) is 1. The van der Waals surface area contributed by atoms with Crippen molar-refractivity contribution in [3.05, 3.63) is 74.8 Å². The van der Waals surface area contributed by atoms with Crippen LogP contribution >= 0.6 is 11.3 Å². The molecule has 0 radical (unpaired) electrons. The molecule has 2 atom stereocenters. The van der Waals surface area contributed by atoms with E-state index in [9.17, 15) is 9.59 Å². The number of nitrogens with zero attached hydrogens (tertiary/aromatic N) is 5. The van der Waals surface area contributed by atoms with Crippen LogP contribution in [0.4, 0.5) is 10.5 Å². The molecule has 0 spiro atoms. The Hall–Kier alpha value is -4.67. The van der Waals surface area contributed by atoms with Crippen molar-refractivity contribution >= 4 is 34.0 Å². The second-order valence-electron chi connectivity index (χ2n) is 12.1. The molecule has 2 saturated heterocycles. The lowest BCUT2D eigenvalue weighted by Gasteiger charge is -2.33. The third-order valence-electron chi connectivity index (χ3n) is 7.71. The number of carbonyl (C=O) groups is 1. The summed E-state index contributed by atoms with van der Waals surface area (Å²) in [5, 5.41) is 14.1. The Morgan fingerprint density at radius 3 is 2.72 bits per heavy atom. The first-order valence-electron chi connectivity index (χ1n) is 14.3. The van der Waals surface area contributed by atoms with Gasteiger partial charge < -0.3 is 15.0 Å².